The van der Waals surface area contributed by atoms with E-state index in [-0.39, 0.29) is 0 Å². The molecule has 4 aromatic heterocycles. The highest BCUT2D eigenvalue weighted by Gasteiger charge is 2.21. The molecule has 4 heterocycles. The van der Waals surface area contributed by atoms with Crippen molar-refractivity contribution >= 4 is 65.5 Å². The van der Waals surface area contributed by atoms with Gasteiger partial charge in [-0.1, -0.05) is 88.6 Å². The lowest BCUT2D eigenvalue weighted by molar-refractivity contribution is 0.890. The van der Waals surface area contributed by atoms with Gasteiger partial charge in [-0.25, -0.2) is 0 Å². The van der Waals surface area contributed by atoms with Crippen molar-refractivity contribution in [1.29, 1.82) is 0 Å². The number of hydrogen-bond donors (Lipinski definition) is 1. The zero-order valence-corrected chi connectivity index (χ0v) is 29.1. The first-order chi connectivity index (χ1) is 18.6. The van der Waals surface area contributed by atoms with Crippen LogP contribution in [-0.4, -0.2) is 7.05 Å². The molecule has 0 bridgehead atoms. The molecule has 0 aliphatic carbocycles. The molecular weight excluding hydrogens is 539 g/mol. The molecule has 0 unspecified atom stereocenters. The summed E-state index contributed by atoms with van der Waals surface area (Å²) >= 11 is 7.67. The Bertz CT molecular complexity index is 1250. The van der Waals surface area contributed by atoms with Crippen molar-refractivity contribution in [2.24, 2.45) is 5.73 Å². The zero-order chi connectivity index (χ0) is 29.3. The summed E-state index contributed by atoms with van der Waals surface area (Å²) in [6.07, 6.45) is 2.35. The van der Waals surface area contributed by atoms with Gasteiger partial charge in [0.2, 0.25) is 0 Å². The highest BCUT2D eigenvalue weighted by atomic mass is 32.1. The highest BCUT2D eigenvalue weighted by molar-refractivity contribution is 7.23. The fourth-order valence-electron chi connectivity index (χ4n) is 3.64. The minimum absolute atomic E-state index is 0.581. The molecule has 1 nitrogen and oxygen atoms in total. The van der Waals surface area contributed by atoms with Crippen molar-refractivity contribution < 1.29 is 0 Å². The molecule has 5 rings (SSSR count). The third kappa shape index (κ3) is 8.76. The second-order valence-electron chi connectivity index (χ2n) is 7.76. The van der Waals surface area contributed by atoms with E-state index in [9.17, 15) is 0 Å². The molecule has 1 aromatic carbocycles. The molecule has 0 fully saturated rings. The average Bonchev–Trinajstić information content (AvgIpc) is 3.79. The largest absolute Gasteiger partial charge is 0.333 e. The standard InChI is InChI=1S/C23H20S4.C3H8.3C2H6.CH5N/c1-4-14-12-16-21(19-8-7-17(27-19)13(2)3)22-15(9-11-25-22)20(23(16)26-14)18-6-5-10-24-18;1-3-2;4*1-2/h5-13H,4H2,1-3H3;3H2,1-2H3;3*1-2H3;2H2,1H3. The van der Waals surface area contributed by atoms with Crippen LogP contribution in [0.2, 0.25) is 0 Å². The predicted octanol–water partition coefficient (Wildman–Crippen LogP) is 13.3. The molecular formula is C33H51NS4. The smallest absolute Gasteiger partial charge is 0.0445 e. The van der Waals surface area contributed by atoms with Crippen molar-refractivity contribution in [3.8, 4) is 20.9 Å². The molecule has 2 N–H and O–H groups in total. The third-order valence-corrected chi connectivity index (χ3v) is 9.52. The van der Waals surface area contributed by atoms with Gasteiger partial charge < -0.3 is 5.73 Å². The van der Waals surface area contributed by atoms with Gasteiger partial charge in [-0.2, -0.15) is 0 Å². The van der Waals surface area contributed by atoms with Crippen molar-refractivity contribution in [2.45, 2.75) is 94.9 Å². The summed E-state index contributed by atoms with van der Waals surface area (Å²) in [5.74, 6) is 0.581. The number of nitrogens with two attached hydrogens (primary N) is 1. The van der Waals surface area contributed by atoms with E-state index >= 15 is 0 Å². The van der Waals surface area contributed by atoms with Crippen LogP contribution >= 0.6 is 45.3 Å². The number of benzene rings is 1. The number of aryl methyl sites for hydroxylation is 1. The normalized spacial score (nSPS) is 9.63. The quantitative estimate of drug-likeness (QED) is 0.222. The lowest BCUT2D eigenvalue weighted by atomic mass is 10.00. The Balaban J connectivity index is 0.00000110. The molecule has 0 radical (unpaired) electrons. The fourth-order valence-corrected chi connectivity index (χ4v) is 7.79. The van der Waals surface area contributed by atoms with E-state index < -0.39 is 0 Å². The molecule has 0 aliphatic rings. The number of hydrogen-bond acceptors (Lipinski definition) is 5. The van der Waals surface area contributed by atoms with Crippen LogP contribution in [0.25, 0.3) is 41.1 Å². The third-order valence-electron chi connectivity index (χ3n) is 5.00. The first-order valence-electron chi connectivity index (χ1n) is 14.3. The maximum absolute atomic E-state index is 4.50. The van der Waals surface area contributed by atoms with Gasteiger partial charge in [0.05, 0.1) is 0 Å². The molecule has 0 aliphatic heterocycles. The average molecular weight is 590 g/mol. The Morgan fingerprint density at radius 2 is 1.29 bits per heavy atom. The number of thiophene rings is 4. The molecule has 5 aromatic rings. The van der Waals surface area contributed by atoms with Crippen LogP contribution in [0.3, 0.4) is 0 Å². The summed E-state index contributed by atoms with van der Waals surface area (Å²) in [5, 5.41) is 7.30. The maximum Gasteiger partial charge on any atom is 0.0445 e. The van der Waals surface area contributed by atoms with Crippen LogP contribution in [0.1, 0.15) is 98.3 Å². The van der Waals surface area contributed by atoms with E-state index in [1.54, 1.807) is 0 Å². The van der Waals surface area contributed by atoms with Crippen LogP contribution in [0.5, 0.6) is 0 Å². The molecule has 0 saturated heterocycles. The van der Waals surface area contributed by atoms with Gasteiger partial charge in [0, 0.05) is 50.8 Å². The van der Waals surface area contributed by atoms with Gasteiger partial charge in [0.15, 0.2) is 0 Å². The predicted molar refractivity (Wildman–Crippen MR) is 187 cm³/mol. The SMILES string of the molecule is CC.CC.CC.CCC.CCc1cc2c(-c3ccc(C(C)C)s3)c3sccc3c(-c3cccs3)c2s1.CN. The Morgan fingerprint density at radius 3 is 1.79 bits per heavy atom. The van der Waals surface area contributed by atoms with Crippen molar-refractivity contribution in [1.82, 2.24) is 0 Å². The van der Waals surface area contributed by atoms with E-state index in [0.29, 0.717) is 5.92 Å². The number of rotatable bonds is 4. The van der Waals surface area contributed by atoms with Crippen LogP contribution in [0.4, 0.5) is 0 Å². The van der Waals surface area contributed by atoms with Crippen molar-refractivity contribution in [3.05, 3.63) is 56.9 Å². The first kappa shape index (κ1) is 36.5. The molecule has 212 valence electrons. The second-order valence-corrected chi connectivity index (χ2v) is 11.9. The van der Waals surface area contributed by atoms with E-state index in [2.05, 4.69) is 87.5 Å². The van der Waals surface area contributed by atoms with Gasteiger partial charge in [-0.15, -0.1) is 45.3 Å². The Morgan fingerprint density at radius 1 is 0.684 bits per heavy atom. The summed E-state index contributed by atoms with van der Waals surface area (Å²) < 4.78 is 2.89. The Hall–Kier alpha value is -1.50. The fraction of sp³-hybridized carbons (Fsp3) is 0.455. The zero-order valence-electron chi connectivity index (χ0n) is 25.8. The summed E-state index contributed by atoms with van der Waals surface area (Å²) in [5.41, 5.74) is 7.38. The van der Waals surface area contributed by atoms with Crippen molar-refractivity contribution in [3.63, 3.8) is 0 Å². The van der Waals surface area contributed by atoms with E-state index in [1.165, 1.54) is 64.3 Å². The molecule has 0 atom stereocenters. The van der Waals surface area contributed by atoms with Gasteiger partial charge in [-0.05, 0) is 60.5 Å². The minimum Gasteiger partial charge on any atom is -0.333 e. The molecule has 0 spiro atoms. The van der Waals surface area contributed by atoms with Crippen molar-refractivity contribution in [2.75, 3.05) is 7.05 Å². The summed E-state index contributed by atoms with van der Waals surface area (Å²) in [4.78, 5) is 5.74. The molecule has 0 saturated carbocycles. The van der Waals surface area contributed by atoms with Crippen LogP contribution in [0.15, 0.2) is 47.2 Å². The molecule has 38 heavy (non-hydrogen) atoms. The van der Waals surface area contributed by atoms with Gasteiger partial charge in [0.1, 0.15) is 0 Å². The lowest BCUT2D eigenvalue weighted by Crippen LogP contribution is -1.81. The van der Waals surface area contributed by atoms with E-state index in [0.717, 1.165) is 6.42 Å². The monoisotopic (exact) mass is 589 g/mol. The van der Waals surface area contributed by atoms with Gasteiger partial charge in [0.25, 0.3) is 0 Å². The topological polar surface area (TPSA) is 26.0 Å². The first-order valence-corrected chi connectivity index (χ1v) is 17.6. The minimum atomic E-state index is 0.581. The van der Waals surface area contributed by atoms with Gasteiger partial charge in [-0.3, -0.25) is 0 Å². The lowest BCUT2D eigenvalue weighted by Gasteiger charge is -2.09. The maximum atomic E-state index is 4.50. The summed E-state index contributed by atoms with van der Waals surface area (Å²) in [7, 11) is 1.50. The Labute approximate surface area is 249 Å². The van der Waals surface area contributed by atoms with E-state index in [4.69, 9.17) is 0 Å². The molecule has 0 amide bonds. The summed E-state index contributed by atoms with van der Waals surface area (Å²) in [6.45, 7) is 23.1. The van der Waals surface area contributed by atoms with Crippen LogP contribution in [0, 0.1) is 0 Å². The van der Waals surface area contributed by atoms with Gasteiger partial charge >= 0.3 is 0 Å². The second kappa shape index (κ2) is 20.4. The summed E-state index contributed by atoms with van der Waals surface area (Å²) in [6, 6.07) is 13.9. The molecule has 5 heteroatoms. The Kier molecular flexibility index (Phi) is 19.6. The number of fused-ring (bicyclic) bond motifs is 2. The van der Waals surface area contributed by atoms with E-state index in [1.807, 2.05) is 86.9 Å². The van der Waals surface area contributed by atoms with Crippen LogP contribution in [-0.2, 0) is 6.42 Å². The highest BCUT2D eigenvalue weighted by Crippen LogP contribution is 2.50. The van der Waals surface area contributed by atoms with Crippen LogP contribution < -0.4 is 5.73 Å².